The predicted molar refractivity (Wildman–Crippen MR) is 80.8 cm³/mol. The predicted octanol–water partition coefficient (Wildman–Crippen LogP) is 2.92. The van der Waals surface area contributed by atoms with Crippen LogP contribution in [0.4, 0.5) is 0 Å². The highest BCUT2D eigenvalue weighted by Crippen LogP contribution is 2.65. The van der Waals surface area contributed by atoms with E-state index in [2.05, 4.69) is 5.32 Å². The molecule has 0 heterocycles. The van der Waals surface area contributed by atoms with Crippen molar-refractivity contribution in [1.82, 2.24) is 5.32 Å². The van der Waals surface area contributed by atoms with Crippen molar-refractivity contribution in [3.8, 4) is 0 Å². The first-order valence-electron chi connectivity index (χ1n) is 7.86. The van der Waals surface area contributed by atoms with E-state index in [-0.39, 0.29) is 12.3 Å². The Hall–Kier alpha value is -1.06. The van der Waals surface area contributed by atoms with Gasteiger partial charge in [-0.2, -0.15) is 0 Å². The molecule has 21 heavy (non-hydrogen) atoms. The lowest BCUT2D eigenvalue weighted by Gasteiger charge is -2.13. The maximum absolute atomic E-state index is 12.1. The van der Waals surface area contributed by atoms with Gasteiger partial charge in [-0.1, -0.05) is 23.7 Å². The molecule has 0 radical (unpaired) electrons. The average Bonchev–Trinajstić information content (AvgIpc) is 2.84. The number of carbonyl (C=O) groups is 1. The van der Waals surface area contributed by atoms with Crippen molar-refractivity contribution in [2.45, 2.75) is 37.8 Å². The molecule has 0 aromatic heterocycles. The van der Waals surface area contributed by atoms with Crippen molar-refractivity contribution >= 4 is 17.5 Å². The molecule has 3 fully saturated rings. The molecule has 2 N–H and O–H groups in total. The molecule has 0 saturated heterocycles. The van der Waals surface area contributed by atoms with Crippen LogP contribution in [-0.4, -0.2) is 17.1 Å². The Labute approximate surface area is 129 Å². The number of carbonyl (C=O) groups excluding carboxylic acids is 1. The second kappa shape index (κ2) is 4.99. The summed E-state index contributed by atoms with van der Waals surface area (Å²) in [7, 11) is 0. The van der Waals surface area contributed by atoms with Gasteiger partial charge in [0.1, 0.15) is 0 Å². The maximum Gasteiger partial charge on any atom is 0.223 e. The highest BCUT2D eigenvalue weighted by molar-refractivity contribution is 6.30. The molecule has 0 aliphatic heterocycles. The summed E-state index contributed by atoms with van der Waals surface area (Å²) >= 11 is 5.83. The zero-order chi connectivity index (χ0) is 14.6. The number of amides is 1. The summed E-state index contributed by atoms with van der Waals surface area (Å²) in [6.07, 6.45) is 3.47. The standard InChI is InChI=1S/C17H20ClNO2/c18-12-5-3-9(4-6-12)13(20)8-14(21)19-17-15-10-1-2-11(7-10)16(15)17/h3-6,10-11,13,15-17,20H,1-2,7-8H2,(H,19,21). The molecule has 3 saturated carbocycles. The monoisotopic (exact) mass is 305 g/mol. The Balaban J connectivity index is 1.31. The van der Waals surface area contributed by atoms with Crippen LogP contribution in [0.2, 0.25) is 5.02 Å². The summed E-state index contributed by atoms with van der Waals surface area (Å²) < 4.78 is 0. The van der Waals surface area contributed by atoms with Gasteiger partial charge >= 0.3 is 0 Å². The normalized spacial score (nSPS) is 37.1. The second-order valence-corrected chi connectivity index (χ2v) is 7.29. The van der Waals surface area contributed by atoms with E-state index in [1.54, 1.807) is 24.3 Å². The molecule has 3 aliphatic rings. The van der Waals surface area contributed by atoms with Crippen molar-refractivity contribution < 1.29 is 9.90 Å². The lowest BCUT2D eigenvalue weighted by Crippen LogP contribution is -2.30. The number of aliphatic hydroxyl groups is 1. The molecular formula is C17H20ClNO2. The molecule has 3 aliphatic carbocycles. The van der Waals surface area contributed by atoms with Crippen LogP contribution in [0.5, 0.6) is 0 Å². The van der Waals surface area contributed by atoms with Gasteiger partial charge in [0.15, 0.2) is 0 Å². The van der Waals surface area contributed by atoms with Gasteiger partial charge in [-0.25, -0.2) is 0 Å². The molecule has 1 aromatic rings. The van der Waals surface area contributed by atoms with Gasteiger partial charge in [0.2, 0.25) is 5.91 Å². The molecule has 5 unspecified atom stereocenters. The van der Waals surface area contributed by atoms with Gasteiger partial charge in [-0.05, 0) is 60.6 Å². The number of halogens is 1. The average molecular weight is 306 g/mol. The van der Waals surface area contributed by atoms with Crippen LogP contribution in [0.25, 0.3) is 0 Å². The van der Waals surface area contributed by atoms with E-state index in [1.807, 2.05) is 0 Å². The van der Waals surface area contributed by atoms with Crippen molar-refractivity contribution in [3.63, 3.8) is 0 Å². The summed E-state index contributed by atoms with van der Waals surface area (Å²) in [5.74, 6) is 3.15. The van der Waals surface area contributed by atoms with Crippen LogP contribution in [0, 0.1) is 23.7 Å². The summed E-state index contributed by atoms with van der Waals surface area (Å²) in [6, 6.07) is 7.40. The van der Waals surface area contributed by atoms with Crippen LogP contribution < -0.4 is 5.32 Å². The molecule has 5 atom stereocenters. The number of aliphatic hydroxyl groups excluding tert-OH is 1. The van der Waals surface area contributed by atoms with Gasteiger partial charge in [0, 0.05) is 11.1 Å². The van der Waals surface area contributed by atoms with E-state index in [0.717, 1.165) is 29.2 Å². The van der Waals surface area contributed by atoms with Crippen molar-refractivity contribution in [3.05, 3.63) is 34.9 Å². The minimum Gasteiger partial charge on any atom is -0.388 e. The van der Waals surface area contributed by atoms with Crippen LogP contribution in [0.15, 0.2) is 24.3 Å². The summed E-state index contributed by atoms with van der Waals surface area (Å²) in [4.78, 5) is 12.1. The first kappa shape index (κ1) is 13.6. The Kier molecular flexibility index (Phi) is 3.23. The second-order valence-electron chi connectivity index (χ2n) is 6.85. The van der Waals surface area contributed by atoms with Crippen molar-refractivity contribution in [2.24, 2.45) is 23.7 Å². The van der Waals surface area contributed by atoms with Gasteiger partial charge < -0.3 is 10.4 Å². The van der Waals surface area contributed by atoms with Crippen molar-refractivity contribution in [2.75, 3.05) is 0 Å². The molecular weight excluding hydrogens is 286 g/mol. The Morgan fingerprint density at radius 1 is 1.24 bits per heavy atom. The quantitative estimate of drug-likeness (QED) is 0.898. The fourth-order valence-electron chi connectivity index (χ4n) is 4.74. The fraction of sp³-hybridized carbons (Fsp3) is 0.588. The van der Waals surface area contributed by atoms with Crippen LogP contribution in [-0.2, 0) is 4.79 Å². The van der Waals surface area contributed by atoms with E-state index in [9.17, 15) is 9.90 Å². The van der Waals surface area contributed by atoms with Gasteiger partial charge in [0.05, 0.1) is 12.5 Å². The van der Waals surface area contributed by atoms with Crippen molar-refractivity contribution in [1.29, 1.82) is 0 Å². The van der Waals surface area contributed by atoms with E-state index in [4.69, 9.17) is 11.6 Å². The first-order valence-corrected chi connectivity index (χ1v) is 8.24. The first-order chi connectivity index (χ1) is 10.1. The lowest BCUT2D eigenvalue weighted by atomic mass is 10.0. The zero-order valence-corrected chi connectivity index (χ0v) is 12.6. The number of fused-ring (bicyclic) bond motifs is 5. The number of nitrogens with one attached hydrogen (secondary N) is 1. The fourth-order valence-corrected chi connectivity index (χ4v) is 4.87. The van der Waals surface area contributed by atoms with Gasteiger partial charge in [0.25, 0.3) is 0 Å². The highest BCUT2D eigenvalue weighted by atomic mass is 35.5. The third-order valence-electron chi connectivity index (χ3n) is 5.70. The van der Waals surface area contributed by atoms with E-state index < -0.39 is 6.10 Å². The largest absolute Gasteiger partial charge is 0.388 e. The molecule has 4 rings (SSSR count). The Bertz CT molecular complexity index is 542. The molecule has 3 nitrogen and oxygen atoms in total. The third kappa shape index (κ3) is 2.36. The van der Waals surface area contributed by atoms with E-state index >= 15 is 0 Å². The highest BCUT2D eigenvalue weighted by Gasteiger charge is 2.65. The number of benzene rings is 1. The molecule has 4 heteroatoms. The minimum absolute atomic E-state index is 0.0313. The number of hydrogen-bond acceptors (Lipinski definition) is 2. The van der Waals surface area contributed by atoms with Crippen LogP contribution in [0.3, 0.4) is 0 Å². The molecule has 112 valence electrons. The van der Waals surface area contributed by atoms with Crippen LogP contribution >= 0.6 is 11.6 Å². The summed E-state index contributed by atoms with van der Waals surface area (Å²) in [5.41, 5.74) is 0.741. The topological polar surface area (TPSA) is 49.3 Å². The number of rotatable bonds is 4. The molecule has 1 amide bonds. The number of hydrogen-bond donors (Lipinski definition) is 2. The molecule has 1 aromatic carbocycles. The van der Waals surface area contributed by atoms with Gasteiger partial charge in [-0.3, -0.25) is 4.79 Å². The zero-order valence-electron chi connectivity index (χ0n) is 11.8. The van der Waals surface area contributed by atoms with Gasteiger partial charge in [-0.15, -0.1) is 0 Å². The summed E-state index contributed by atoms with van der Waals surface area (Å²) in [6.45, 7) is 0. The third-order valence-corrected chi connectivity index (χ3v) is 5.95. The minimum atomic E-state index is -0.752. The Morgan fingerprint density at radius 3 is 2.48 bits per heavy atom. The SMILES string of the molecule is O=C(CC(O)c1ccc(Cl)cc1)NC1C2C3CCC(C3)C12. The Morgan fingerprint density at radius 2 is 1.86 bits per heavy atom. The van der Waals surface area contributed by atoms with E-state index in [1.165, 1.54) is 19.3 Å². The molecule has 0 spiro atoms. The van der Waals surface area contributed by atoms with E-state index in [0.29, 0.717) is 11.1 Å². The van der Waals surface area contributed by atoms with Crippen LogP contribution in [0.1, 0.15) is 37.4 Å². The lowest BCUT2D eigenvalue weighted by molar-refractivity contribution is -0.123. The summed E-state index contributed by atoms with van der Waals surface area (Å²) in [5, 5.41) is 13.9. The smallest absolute Gasteiger partial charge is 0.223 e. The maximum atomic E-state index is 12.1. The molecule has 2 bridgehead atoms.